The van der Waals surface area contributed by atoms with Gasteiger partial charge in [0.1, 0.15) is 0 Å². The van der Waals surface area contributed by atoms with Crippen LogP contribution >= 0.6 is 12.1 Å². The van der Waals surface area contributed by atoms with Crippen LogP contribution in [0.1, 0.15) is 40.5 Å². The molecule has 4 heteroatoms. The van der Waals surface area contributed by atoms with Crippen LogP contribution in [-0.4, -0.2) is 36.1 Å². The van der Waals surface area contributed by atoms with Gasteiger partial charge in [0.2, 0.25) is 0 Å². The van der Waals surface area contributed by atoms with Crippen LogP contribution in [0.2, 0.25) is 0 Å². The number of piperidine rings is 1. The Kier molecular flexibility index (Phi) is 5.39. The lowest BCUT2D eigenvalue weighted by Crippen LogP contribution is -2.56. The number of rotatable bonds is 1. The van der Waals surface area contributed by atoms with Crippen molar-refractivity contribution in [2.24, 2.45) is 0 Å². The molecule has 2 heterocycles. The van der Waals surface area contributed by atoms with Gasteiger partial charge in [-0.05, 0) is 33.2 Å². The van der Waals surface area contributed by atoms with Crippen molar-refractivity contribution >= 4 is 12.1 Å². The van der Waals surface area contributed by atoms with Crippen LogP contribution in [0.3, 0.4) is 0 Å². The second kappa shape index (κ2) is 6.09. The summed E-state index contributed by atoms with van der Waals surface area (Å²) in [6, 6.07) is 0.685. The van der Waals surface area contributed by atoms with Gasteiger partial charge in [0, 0.05) is 31.3 Å². The highest BCUT2D eigenvalue weighted by Gasteiger charge is 2.38. The summed E-state index contributed by atoms with van der Waals surface area (Å²) < 4.78 is 6.84. The molecular weight excluding hydrogens is 206 g/mol. The number of likely N-dealkylation sites (tertiary alicyclic amines) is 1. The highest BCUT2D eigenvalue weighted by atomic mass is 32.2. The van der Waals surface area contributed by atoms with Gasteiger partial charge in [0.25, 0.3) is 0 Å². The quantitative estimate of drug-likeness (QED) is 0.675. The molecule has 90 valence electrons. The van der Waals surface area contributed by atoms with Crippen LogP contribution in [0, 0.1) is 0 Å². The molecule has 3 nitrogen and oxygen atoms in total. The monoisotopic (exact) mass is 231 g/mol. The van der Waals surface area contributed by atoms with Crippen molar-refractivity contribution in [3.63, 3.8) is 0 Å². The van der Waals surface area contributed by atoms with Gasteiger partial charge in [-0.2, -0.15) is 0 Å². The third-order valence-electron chi connectivity index (χ3n) is 3.09. The molecule has 15 heavy (non-hydrogen) atoms. The van der Waals surface area contributed by atoms with Crippen LogP contribution in [0.5, 0.6) is 0 Å². The van der Waals surface area contributed by atoms with Gasteiger partial charge < -0.3 is 0 Å². The molecular formula is C11H25N3S. The fourth-order valence-electron chi connectivity index (χ4n) is 2.19. The molecule has 1 unspecified atom stereocenters. The van der Waals surface area contributed by atoms with E-state index in [9.17, 15) is 0 Å². The summed E-state index contributed by atoms with van der Waals surface area (Å²) in [5.74, 6) is 0. The topological polar surface area (TPSA) is 27.3 Å². The van der Waals surface area contributed by atoms with Gasteiger partial charge in [0.15, 0.2) is 0 Å². The molecule has 2 rings (SSSR count). The van der Waals surface area contributed by atoms with Crippen molar-refractivity contribution in [3.8, 4) is 0 Å². The molecule has 0 aromatic rings. The molecule has 2 saturated heterocycles. The van der Waals surface area contributed by atoms with Gasteiger partial charge in [-0.1, -0.05) is 13.8 Å². The zero-order valence-electron chi connectivity index (χ0n) is 10.5. The second-order valence-electron chi connectivity index (χ2n) is 4.47. The molecule has 0 aromatic carbocycles. The van der Waals surface area contributed by atoms with Crippen molar-refractivity contribution in [3.05, 3.63) is 0 Å². The third kappa shape index (κ3) is 3.34. The van der Waals surface area contributed by atoms with Gasteiger partial charge in [-0.15, -0.1) is 0 Å². The number of hydrogen-bond donors (Lipinski definition) is 2. The molecule has 0 aliphatic carbocycles. The van der Waals surface area contributed by atoms with E-state index in [4.69, 9.17) is 0 Å². The van der Waals surface area contributed by atoms with Crippen LogP contribution in [0.15, 0.2) is 0 Å². The predicted molar refractivity (Wildman–Crippen MR) is 68.8 cm³/mol. The first-order valence-corrected chi connectivity index (χ1v) is 6.93. The first-order valence-electron chi connectivity index (χ1n) is 6.12. The first kappa shape index (κ1) is 13.3. The molecule has 0 bridgehead atoms. The van der Waals surface area contributed by atoms with Crippen molar-refractivity contribution in [2.75, 3.05) is 19.6 Å². The molecule has 1 atom stereocenters. The third-order valence-corrected chi connectivity index (χ3v) is 3.91. The molecule has 1 spiro atoms. The summed E-state index contributed by atoms with van der Waals surface area (Å²) in [5.41, 5.74) is 0.354. The smallest absolute Gasteiger partial charge is 0.0556 e. The summed E-state index contributed by atoms with van der Waals surface area (Å²) >= 11 is 1.67. The fourth-order valence-corrected chi connectivity index (χ4v) is 3.07. The summed E-state index contributed by atoms with van der Waals surface area (Å²) in [7, 11) is 0. The van der Waals surface area contributed by atoms with Gasteiger partial charge in [-0.25, -0.2) is 9.44 Å². The zero-order chi connectivity index (χ0) is 11.3. The number of nitrogens with one attached hydrogen (secondary N) is 2. The van der Waals surface area contributed by atoms with E-state index in [1.807, 2.05) is 13.8 Å². The maximum absolute atomic E-state index is 3.52. The van der Waals surface area contributed by atoms with Gasteiger partial charge in [0.05, 0.1) is 5.54 Å². The molecule has 0 amide bonds. The molecule has 0 saturated carbocycles. The van der Waals surface area contributed by atoms with Crippen molar-refractivity contribution in [2.45, 2.75) is 52.1 Å². The van der Waals surface area contributed by atoms with E-state index >= 15 is 0 Å². The Balaban J connectivity index is 0.000000531. The van der Waals surface area contributed by atoms with Gasteiger partial charge in [-0.3, -0.25) is 4.90 Å². The predicted octanol–water partition coefficient (Wildman–Crippen LogP) is 2.01. The Labute approximate surface area is 98.6 Å². The lowest BCUT2D eigenvalue weighted by atomic mass is 9.89. The van der Waals surface area contributed by atoms with Crippen molar-refractivity contribution < 1.29 is 0 Å². The molecule has 0 radical (unpaired) electrons. The van der Waals surface area contributed by atoms with Crippen LogP contribution < -0.4 is 9.44 Å². The Morgan fingerprint density at radius 2 is 2.07 bits per heavy atom. The van der Waals surface area contributed by atoms with E-state index in [0.29, 0.717) is 11.6 Å². The Bertz CT molecular complexity index is 179. The number of nitrogens with zero attached hydrogens (tertiary/aromatic N) is 1. The SMILES string of the molecule is CC.CC(C)N1CCCC2(CNSN2)C1. The highest BCUT2D eigenvalue weighted by Crippen LogP contribution is 2.27. The summed E-state index contributed by atoms with van der Waals surface area (Å²) in [6.07, 6.45) is 2.64. The van der Waals surface area contributed by atoms with Crippen LogP contribution in [0.25, 0.3) is 0 Å². The van der Waals surface area contributed by atoms with E-state index in [-0.39, 0.29) is 0 Å². The molecule has 2 fully saturated rings. The molecule has 0 aromatic heterocycles. The van der Waals surface area contributed by atoms with Gasteiger partial charge >= 0.3 is 0 Å². The number of hydrogen-bond acceptors (Lipinski definition) is 4. The van der Waals surface area contributed by atoms with Crippen LogP contribution in [0.4, 0.5) is 0 Å². The largest absolute Gasteiger partial charge is 0.299 e. The fraction of sp³-hybridized carbons (Fsp3) is 1.00. The minimum atomic E-state index is 0.354. The summed E-state index contributed by atoms with van der Waals surface area (Å²) in [5, 5.41) is 0. The van der Waals surface area contributed by atoms with E-state index in [2.05, 4.69) is 28.2 Å². The average molecular weight is 231 g/mol. The highest BCUT2D eigenvalue weighted by molar-refractivity contribution is 7.95. The second-order valence-corrected chi connectivity index (χ2v) is 5.17. The Hall–Kier alpha value is 0.230. The minimum Gasteiger partial charge on any atom is -0.299 e. The molecule has 2 aliphatic heterocycles. The maximum atomic E-state index is 3.52. The van der Waals surface area contributed by atoms with Crippen LogP contribution in [-0.2, 0) is 0 Å². The lowest BCUT2D eigenvalue weighted by molar-refractivity contribution is 0.118. The summed E-state index contributed by atoms with van der Waals surface area (Å²) in [4.78, 5) is 2.57. The lowest BCUT2D eigenvalue weighted by Gasteiger charge is -2.41. The van der Waals surface area contributed by atoms with E-state index < -0.39 is 0 Å². The van der Waals surface area contributed by atoms with E-state index in [0.717, 1.165) is 6.54 Å². The normalized spacial score (nSPS) is 31.8. The molecule has 2 N–H and O–H groups in total. The zero-order valence-corrected chi connectivity index (χ0v) is 11.3. The van der Waals surface area contributed by atoms with Crippen molar-refractivity contribution in [1.82, 2.24) is 14.3 Å². The van der Waals surface area contributed by atoms with E-state index in [1.54, 1.807) is 12.1 Å². The average Bonchev–Trinajstić information content (AvgIpc) is 2.69. The maximum Gasteiger partial charge on any atom is 0.0556 e. The molecule has 2 aliphatic rings. The Morgan fingerprint density at radius 3 is 2.60 bits per heavy atom. The minimum absolute atomic E-state index is 0.354. The summed E-state index contributed by atoms with van der Waals surface area (Å²) in [6.45, 7) is 12.2. The first-order chi connectivity index (χ1) is 7.22. The van der Waals surface area contributed by atoms with Crippen molar-refractivity contribution in [1.29, 1.82) is 0 Å². The Morgan fingerprint density at radius 1 is 1.33 bits per heavy atom. The standard InChI is InChI=1S/C9H19N3S.C2H6/c1-8(2)12-5-3-4-9(7-12)6-10-13-11-9;1-2/h8,10-11H,3-7H2,1-2H3;1-2H3. The van der Waals surface area contributed by atoms with E-state index in [1.165, 1.54) is 25.9 Å².